The number of benzene rings is 2. The quantitative estimate of drug-likeness (QED) is 0.845. The summed E-state index contributed by atoms with van der Waals surface area (Å²) in [5, 5.41) is 3.48. The largest absolute Gasteiger partial charge is 0.488 e. The lowest BCUT2D eigenvalue weighted by molar-refractivity contribution is -0.142. The minimum absolute atomic E-state index is 0.0241. The van der Waals surface area contributed by atoms with Crippen molar-refractivity contribution in [1.82, 2.24) is 5.32 Å². The molecule has 4 rings (SSSR count). The van der Waals surface area contributed by atoms with E-state index < -0.39 is 5.79 Å². The average molecular weight is 339 g/mol. The molecule has 2 aromatic carbocycles. The number of unbranched alkanes of at least 4 members (excludes halogenated alkanes) is 1. The van der Waals surface area contributed by atoms with Crippen LogP contribution in [0.2, 0.25) is 0 Å². The van der Waals surface area contributed by atoms with Gasteiger partial charge in [-0.2, -0.15) is 0 Å². The number of fused-ring (bicyclic) bond motifs is 4. The van der Waals surface area contributed by atoms with E-state index in [2.05, 4.69) is 24.4 Å². The normalized spacial score (nSPS) is 24.4. The van der Waals surface area contributed by atoms with Gasteiger partial charge in [0, 0.05) is 12.1 Å². The van der Waals surface area contributed by atoms with Gasteiger partial charge < -0.3 is 19.5 Å². The molecular weight excluding hydrogens is 314 g/mol. The molecule has 4 nitrogen and oxygen atoms in total. The molecule has 2 aliphatic rings. The van der Waals surface area contributed by atoms with Gasteiger partial charge in [-0.05, 0) is 30.7 Å². The molecule has 0 bridgehead atoms. The Labute approximate surface area is 149 Å². The molecule has 1 saturated heterocycles. The molecule has 132 valence electrons. The summed E-state index contributed by atoms with van der Waals surface area (Å²) in [5.41, 5.74) is 3.12. The van der Waals surface area contributed by atoms with E-state index in [4.69, 9.17) is 14.2 Å². The van der Waals surface area contributed by atoms with Gasteiger partial charge in [0.25, 0.3) is 0 Å². The third-order valence-electron chi connectivity index (χ3n) is 4.88. The van der Waals surface area contributed by atoms with Crippen LogP contribution < -0.4 is 10.1 Å². The van der Waals surface area contributed by atoms with Crippen molar-refractivity contribution in [2.24, 2.45) is 0 Å². The van der Waals surface area contributed by atoms with Gasteiger partial charge in [-0.15, -0.1) is 0 Å². The highest BCUT2D eigenvalue weighted by Gasteiger charge is 2.48. The van der Waals surface area contributed by atoms with Crippen molar-refractivity contribution in [3.8, 4) is 5.75 Å². The Morgan fingerprint density at radius 3 is 2.76 bits per heavy atom. The van der Waals surface area contributed by atoms with Crippen LogP contribution in [-0.4, -0.2) is 25.8 Å². The molecule has 1 spiro atoms. The molecule has 0 amide bonds. The third-order valence-corrected chi connectivity index (χ3v) is 4.88. The number of para-hydroxylation sites is 1. The Morgan fingerprint density at radius 2 is 1.88 bits per heavy atom. The maximum absolute atomic E-state index is 6.54. The molecule has 0 radical (unpaired) electrons. The summed E-state index contributed by atoms with van der Waals surface area (Å²) >= 11 is 0. The van der Waals surface area contributed by atoms with Crippen LogP contribution >= 0.6 is 0 Å². The maximum atomic E-state index is 6.54. The summed E-state index contributed by atoms with van der Waals surface area (Å²) < 4.78 is 18.9. The molecule has 2 aliphatic heterocycles. The lowest BCUT2D eigenvalue weighted by Crippen LogP contribution is -2.33. The van der Waals surface area contributed by atoms with Crippen LogP contribution in [0.25, 0.3) is 0 Å². The number of hydrogen-bond donors (Lipinski definition) is 1. The molecule has 2 atom stereocenters. The zero-order valence-corrected chi connectivity index (χ0v) is 14.7. The molecule has 2 heterocycles. The third kappa shape index (κ3) is 3.06. The summed E-state index contributed by atoms with van der Waals surface area (Å²) in [7, 11) is 0. The zero-order chi connectivity index (χ0) is 17.1. The lowest BCUT2D eigenvalue weighted by atomic mass is 9.93. The first-order valence-electron chi connectivity index (χ1n) is 9.16. The van der Waals surface area contributed by atoms with E-state index in [1.165, 1.54) is 12.8 Å². The standard InChI is InChI=1S/C21H25NO3/c1-2-3-12-22-13-17-15-24-21(25-17)18-9-5-4-8-16(18)14-23-20-11-7-6-10-19(20)21/h4-11,17,22H,2-3,12-15H2,1H3. The molecule has 0 saturated carbocycles. The lowest BCUT2D eigenvalue weighted by Gasteiger charge is -2.29. The van der Waals surface area contributed by atoms with E-state index in [1.54, 1.807) is 0 Å². The Kier molecular flexibility index (Phi) is 4.75. The van der Waals surface area contributed by atoms with Gasteiger partial charge >= 0.3 is 0 Å². The second-order valence-electron chi connectivity index (χ2n) is 6.67. The van der Waals surface area contributed by atoms with Gasteiger partial charge in [0.05, 0.1) is 18.3 Å². The van der Waals surface area contributed by atoms with Gasteiger partial charge in [-0.25, -0.2) is 0 Å². The van der Waals surface area contributed by atoms with Crippen molar-refractivity contribution in [1.29, 1.82) is 0 Å². The first-order chi connectivity index (χ1) is 12.3. The SMILES string of the molecule is CCCCNCC1COC2(O1)c1ccccc1COc1ccccc12. The van der Waals surface area contributed by atoms with Crippen LogP contribution in [0.3, 0.4) is 0 Å². The van der Waals surface area contributed by atoms with Crippen molar-refractivity contribution < 1.29 is 14.2 Å². The van der Waals surface area contributed by atoms with E-state index in [1.807, 2.05) is 36.4 Å². The Balaban J connectivity index is 1.66. The minimum Gasteiger partial charge on any atom is -0.488 e. The minimum atomic E-state index is -0.874. The smallest absolute Gasteiger partial charge is 0.226 e. The number of rotatable bonds is 5. The summed E-state index contributed by atoms with van der Waals surface area (Å²) in [6, 6.07) is 16.3. The summed E-state index contributed by atoms with van der Waals surface area (Å²) in [6.45, 7) is 5.11. The van der Waals surface area contributed by atoms with Crippen LogP contribution in [0.15, 0.2) is 48.5 Å². The number of nitrogens with one attached hydrogen (secondary N) is 1. The predicted octanol–water partition coefficient (Wildman–Crippen LogP) is 3.59. The molecule has 0 aromatic heterocycles. The summed E-state index contributed by atoms with van der Waals surface area (Å²) in [4.78, 5) is 0. The van der Waals surface area contributed by atoms with Gasteiger partial charge in [0.1, 0.15) is 12.4 Å². The second-order valence-corrected chi connectivity index (χ2v) is 6.67. The average Bonchev–Trinajstić information content (AvgIpc) is 3.03. The van der Waals surface area contributed by atoms with Crippen molar-refractivity contribution >= 4 is 0 Å². The zero-order valence-electron chi connectivity index (χ0n) is 14.7. The molecule has 25 heavy (non-hydrogen) atoms. The first-order valence-corrected chi connectivity index (χ1v) is 9.16. The van der Waals surface area contributed by atoms with Crippen molar-refractivity contribution in [3.63, 3.8) is 0 Å². The van der Waals surface area contributed by atoms with Gasteiger partial charge in [0.2, 0.25) is 5.79 Å². The Bertz CT molecular complexity index is 683. The second kappa shape index (κ2) is 7.16. The van der Waals surface area contributed by atoms with E-state index in [0.29, 0.717) is 13.2 Å². The molecule has 4 heteroatoms. The van der Waals surface area contributed by atoms with Gasteiger partial charge in [-0.3, -0.25) is 0 Å². The van der Waals surface area contributed by atoms with E-state index in [-0.39, 0.29) is 6.10 Å². The highest BCUT2D eigenvalue weighted by molar-refractivity contribution is 5.48. The van der Waals surface area contributed by atoms with Crippen molar-refractivity contribution in [2.75, 3.05) is 19.7 Å². The first kappa shape index (κ1) is 16.6. The molecule has 2 unspecified atom stereocenters. The topological polar surface area (TPSA) is 39.7 Å². The monoisotopic (exact) mass is 339 g/mol. The number of ether oxygens (including phenoxy) is 3. The van der Waals surface area contributed by atoms with Crippen LogP contribution in [0.5, 0.6) is 5.75 Å². The fraction of sp³-hybridized carbons (Fsp3) is 0.429. The van der Waals surface area contributed by atoms with Crippen molar-refractivity contribution in [3.05, 3.63) is 65.2 Å². The molecule has 1 N–H and O–H groups in total. The van der Waals surface area contributed by atoms with Gasteiger partial charge in [0.15, 0.2) is 0 Å². The molecular formula is C21H25NO3. The fourth-order valence-electron chi connectivity index (χ4n) is 3.59. The maximum Gasteiger partial charge on any atom is 0.226 e. The van der Waals surface area contributed by atoms with Crippen LogP contribution in [0, 0.1) is 0 Å². The summed E-state index contributed by atoms with van der Waals surface area (Å²) in [5.74, 6) is -0.0425. The van der Waals surface area contributed by atoms with Crippen LogP contribution in [0.1, 0.15) is 36.5 Å². The Morgan fingerprint density at radius 1 is 1.08 bits per heavy atom. The molecule has 2 aromatic rings. The fourth-order valence-corrected chi connectivity index (χ4v) is 3.59. The predicted molar refractivity (Wildman–Crippen MR) is 96.6 cm³/mol. The van der Waals surface area contributed by atoms with E-state index >= 15 is 0 Å². The molecule has 0 aliphatic carbocycles. The number of hydrogen-bond acceptors (Lipinski definition) is 4. The van der Waals surface area contributed by atoms with E-state index in [9.17, 15) is 0 Å². The van der Waals surface area contributed by atoms with Crippen molar-refractivity contribution in [2.45, 2.75) is 38.3 Å². The van der Waals surface area contributed by atoms with Gasteiger partial charge in [-0.1, -0.05) is 49.7 Å². The molecule has 1 fully saturated rings. The highest BCUT2D eigenvalue weighted by atomic mass is 16.7. The van der Waals surface area contributed by atoms with Crippen LogP contribution in [-0.2, 0) is 21.9 Å². The summed E-state index contributed by atoms with van der Waals surface area (Å²) in [6.07, 6.45) is 2.39. The highest BCUT2D eigenvalue weighted by Crippen LogP contribution is 2.47. The van der Waals surface area contributed by atoms with Crippen LogP contribution in [0.4, 0.5) is 0 Å². The Hall–Kier alpha value is -1.88. The van der Waals surface area contributed by atoms with E-state index in [0.717, 1.165) is 35.5 Å².